The number of halogens is 5. The van der Waals surface area contributed by atoms with E-state index in [0.717, 1.165) is 12.1 Å². The molecule has 0 radical (unpaired) electrons. The summed E-state index contributed by atoms with van der Waals surface area (Å²) in [5, 5.41) is 11.9. The lowest BCUT2D eigenvalue weighted by molar-refractivity contribution is -0.138. The molecule has 2 rings (SSSR count). The lowest BCUT2D eigenvalue weighted by Gasteiger charge is -2.15. The van der Waals surface area contributed by atoms with Crippen molar-refractivity contribution in [3.63, 3.8) is 0 Å². The van der Waals surface area contributed by atoms with Crippen LogP contribution in [0.5, 0.6) is 0 Å². The monoisotopic (exact) mass is 345 g/mol. The number of nitrogens with one attached hydrogen (secondary N) is 1. The van der Waals surface area contributed by atoms with Gasteiger partial charge in [-0.1, -0.05) is 18.2 Å². The Bertz CT molecular complexity index is 745. The Morgan fingerprint density at radius 3 is 2.42 bits per heavy atom. The number of alkyl halides is 3. The van der Waals surface area contributed by atoms with Crippen molar-refractivity contribution in [2.45, 2.75) is 12.3 Å². The van der Waals surface area contributed by atoms with Gasteiger partial charge in [0.05, 0.1) is 17.2 Å². The Morgan fingerprint density at radius 1 is 1.12 bits per heavy atom. The van der Waals surface area contributed by atoms with Gasteiger partial charge in [-0.25, -0.2) is 8.78 Å². The molecule has 0 saturated carbocycles. The standard InChI is InChI=1S/C16H12F5NO2/c17-9-5-6-10(12(7-9)16(19,20)21)15(24)22-8-14(23)11-3-1-2-4-13(11)18/h1-7,14,23H,8H2,(H,22,24)/t14-/m1/s1. The van der Waals surface area contributed by atoms with E-state index < -0.39 is 47.5 Å². The summed E-state index contributed by atoms with van der Waals surface area (Å²) < 4.78 is 65.1. The van der Waals surface area contributed by atoms with E-state index in [-0.39, 0.29) is 11.6 Å². The van der Waals surface area contributed by atoms with Crippen LogP contribution < -0.4 is 5.32 Å². The number of carbonyl (C=O) groups is 1. The molecule has 0 aliphatic carbocycles. The zero-order valence-electron chi connectivity index (χ0n) is 12.1. The Morgan fingerprint density at radius 2 is 1.79 bits per heavy atom. The van der Waals surface area contributed by atoms with Crippen molar-refractivity contribution in [3.8, 4) is 0 Å². The van der Waals surface area contributed by atoms with Crippen molar-refractivity contribution in [3.05, 3.63) is 70.8 Å². The summed E-state index contributed by atoms with van der Waals surface area (Å²) in [6, 6.07) is 6.87. The number of carbonyl (C=O) groups excluding carboxylic acids is 1. The molecule has 24 heavy (non-hydrogen) atoms. The number of aliphatic hydroxyl groups excluding tert-OH is 1. The van der Waals surface area contributed by atoms with E-state index in [1.807, 2.05) is 0 Å². The average molecular weight is 345 g/mol. The predicted octanol–water partition coefficient (Wildman–Crippen LogP) is 3.45. The fraction of sp³-hybridized carbons (Fsp3) is 0.188. The van der Waals surface area contributed by atoms with Crippen LogP contribution in [-0.4, -0.2) is 17.6 Å². The predicted molar refractivity (Wildman–Crippen MR) is 75.1 cm³/mol. The van der Waals surface area contributed by atoms with Crippen LogP contribution in [0.1, 0.15) is 27.6 Å². The lowest BCUT2D eigenvalue weighted by Crippen LogP contribution is -2.30. The number of benzene rings is 2. The third-order valence-corrected chi connectivity index (χ3v) is 3.25. The molecule has 2 N–H and O–H groups in total. The van der Waals surface area contributed by atoms with Gasteiger partial charge in [-0.2, -0.15) is 13.2 Å². The van der Waals surface area contributed by atoms with Crippen molar-refractivity contribution in [1.82, 2.24) is 5.32 Å². The summed E-state index contributed by atoms with van der Waals surface area (Å²) in [5.41, 5.74) is -2.32. The lowest BCUT2D eigenvalue weighted by atomic mass is 10.1. The molecule has 0 spiro atoms. The summed E-state index contributed by atoms with van der Waals surface area (Å²) in [6.45, 7) is -0.506. The maximum atomic E-state index is 13.5. The Labute approximate surface area is 133 Å². The molecule has 8 heteroatoms. The van der Waals surface area contributed by atoms with Gasteiger partial charge in [0.1, 0.15) is 11.6 Å². The largest absolute Gasteiger partial charge is 0.417 e. The Balaban J connectivity index is 2.15. The van der Waals surface area contributed by atoms with Crippen molar-refractivity contribution >= 4 is 5.91 Å². The van der Waals surface area contributed by atoms with Gasteiger partial charge in [0, 0.05) is 12.1 Å². The quantitative estimate of drug-likeness (QED) is 0.834. The molecule has 2 aromatic rings. The highest BCUT2D eigenvalue weighted by atomic mass is 19.4. The van der Waals surface area contributed by atoms with E-state index >= 15 is 0 Å². The van der Waals surface area contributed by atoms with Gasteiger partial charge in [-0.15, -0.1) is 0 Å². The van der Waals surface area contributed by atoms with Crippen molar-refractivity contribution in [1.29, 1.82) is 0 Å². The zero-order valence-corrected chi connectivity index (χ0v) is 12.1. The molecule has 1 atom stereocenters. The normalized spacial score (nSPS) is 12.8. The van der Waals surface area contributed by atoms with Crippen LogP contribution >= 0.6 is 0 Å². The SMILES string of the molecule is O=C(NC[C@@H](O)c1ccccc1F)c1ccc(F)cc1C(F)(F)F. The van der Waals surface area contributed by atoms with Crippen LogP contribution in [0.2, 0.25) is 0 Å². The van der Waals surface area contributed by atoms with E-state index in [9.17, 15) is 31.9 Å². The molecular weight excluding hydrogens is 333 g/mol. The van der Waals surface area contributed by atoms with E-state index in [4.69, 9.17) is 0 Å². The zero-order chi connectivity index (χ0) is 17.9. The second kappa shape index (κ2) is 6.96. The fourth-order valence-corrected chi connectivity index (χ4v) is 2.09. The summed E-state index contributed by atoms with van der Waals surface area (Å²) in [7, 11) is 0. The molecule has 1 amide bonds. The first-order valence-electron chi connectivity index (χ1n) is 6.77. The molecule has 2 aromatic carbocycles. The van der Waals surface area contributed by atoms with Crippen LogP contribution in [0.4, 0.5) is 22.0 Å². The highest BCUT2D eigenvalue weighted by Crippen LogP contribution is 2.32. The van der Waals surface area contributed by atoms with Crippen LogP contribution in [0.15, 0.2) is 42.5 Å². The summed E-state index contributed by atoms with van der Waals surface area (Å²) in [5.74, 6) is -3.00. The number of hydrogen-bond donors (Lipinski definition) is 2. The third kappa shape index (κ3) is 4.08. The van der Waals surface area contributed by atoms with Gasteiger partial charge in [0.25, 0.3) is 5.91 Å². The number of aliphatic hydroxyl groups is 1. The van der Waals surface area contributed by atoms with Gasteiger partial charge in [0.2, 0.25) is 0 Å². The highest BCUT2D eigenvalue weighted by Gasteiger charge is 2.35. The van der Waals surface area contributed by atoms with E-state index in [2.05, 4.69) is 5.32 Å². The molecule has 0 unspecified atom stereocenters. The van der Waals surface area contributed by atoms with Gasteiger partial charge in [0.15, 0.2) is 0 Å². The average Bonchev–Trinajstić information content (AvgIpc) is 2.51. The van der Waals surface area contributed by atoms with E-state index in [1.54, 1.807) is 0 Å². The summed E-state index contributed by atoms with van der Waals surface area (Å²) in [6.07, 6.45) is -6.36. The van der Waals surface area contributed by atoms with E-state index in [0.29, 0.717) is 6.07 Å². The summed E-state index contributed by atoms with van der Waals surface area (Å²) >= 11 is 0. The second-order valence-electron chi connectivity index (χ2n) is 4.94. The first kappa shape index (κ1) is 17.9. The van der Waals surface area contributed by atoms with E-state index in [1.165, 1.54) is 18.2 Å². The first-order chi connectivity index (χ1) is 11.2. The van der Waals surface area contributed by atoms with Crippen molar-refractivity contribution in [2.75, 3.05) is 6.54 Å². The molecule has 0 fully saturated rings. The topological polar surface area (TPSA) is 49.3 Å². The van der Waals surface area contributed by atoms with Crippen molar-refractivity contribution in [2.24, 2.45) is 0 Å². The van der Waals surface area contributed by atoms with Gasteiger partial charge in [-0.05, 0) is 24.3 Å². The molecule has 0 heterocycles. The maximum Gasteiger partial charge on any atom is 0.417 e. The minimum Gasteiger partial charge on any atom is -0.386 e. The number of rotatable bonds is 4. The maximum absolute atomic E-state index is 13.5. The van der Waals surface area contributed by atoms with Crippen molar-refractivity contribution < 1.29 is 31.9 Å². The molecule has 0 aromatic heterocycles. The molecule has 0 saturated heterocycles. The van der Waals surface area contributed by atoms with Crippen LogP contribution in [0.25, 0.3) is 0 Å². The molecule has 0 aliphatic heterocycles. The van der Waals surface area contributed by atoms with Crippen LogP contribution in [0, 0.1) is 11.6 Å². The van der Waals surface area contributed by atoms with Crippen LogP contribution in [-0.2, 0) is 6.18 Å². The molecule has 3 nitrogen and oxygen atoms in total. The fourth-order valence-electron chi connectivity index (χ4n) is 2.09. The third-order valence-electron chi connectivity index (χ3n) is 3.25. The minimum absolute atomic E-state index is 0.104. The number of amides is 1. The Kier molecular flexibility index (Phi) is 5.18. The smallest absolute Gasteiger partial charge is 0.386 e. The first-order valence-corrected chi connectivity index (χ1v) is 6.77. The van der Waals surface area contributed by atoms with Crippen LogP contribution in [0.3, 0.4) is 0 Å². The molecule has 128 valence electrons. The minimum atomic E-state index is -4.92. The summed E-state index contributed by atoms with van der Waals surface area (Å²) in [4.78, 5) is 11.9. The molecular formula is C16H12F5NO2. The number of hydrogen-bond acceptors (Lipinski definition) is 2. The molecule has 0 aliphatic rings. The molecule has 0 bridgehead atoms. The van der Waals surface area contributed by atoms with Gasteiger partial charge >= 0.3 is 6.18 Å². The van der Waals surface area contributed by atoms with Gasteiger partial charge in [-0.3, -0.25) is 4.79 Å². The Hall–Kier alpha value is -2.48. The highest BCUT2D eigenvalue weighted by molar-refractivity contribution is 5.95. The second-order valence-corrected chi connectivity index (χ2v) is 4.94. The van der Waals surface area contributed by atoms with Gasteiger partial charge < -0.3 is 10.4 Å².